The monoisotopic (exact) mass is 543 g/mol. The van der Waals surface area contributed by atoms with Crippen molar-refractivity contribution in [1.82, 2.24) is 5.32 Å². The zero-order valence-corrected chi connectivity index (χ0v) is 22.9. The van der Waals surface area contributed by atoms with Gasteiger partial charge in [-0.1, -0.05) is 55.7 Å². The summed E-state index contributed by atoms with van der Waals surface area (Å²) < 4.78 is 19.3. The summed E-state index contributed by atoms with van der Waals surface area (Å²) in [5.41, 5.74) is 1.43. The van der Waals surface area contributed by atoms with E-state index in [0.29, 0.717) is 53.3 Å². The second kappa shape index (κ2) is 12.7. The van der Waals surface area contributed by atoms with E-state index in [1.165, 1.54) is 13.2 Å². The molecule has 1 saturated carbocycles. The number of amides is 2. The van der Waals surface area contributed by atoms with Crippen LogP contribution in [0.4, 0.5) is 10.1 Å². The largest absolute Gasteiger partial charge is 0.467 e. The van der Waals surface area contributed by atoms with Crippen LogP contribution in [0.2, 0.25) is 0 Å². The van der Waals surface area contributed by atoms with E-state index in [2.05, 4.69) is 16.7 Å². The Bertz CT molecular complexity index is 1460. The molecule has 1 aliphatic carbocycles. The molecule has 3 aromatic rings. The lowest BCUT2D eigenvalue weighted by atomic mass is 9.81. The van der Waals surface area contributed by atoms with Gasteiger partial charge in [0.1, 0.15) is 11.4 Å². The molecule has 8 heteroatoms. The number of carbonyl (C=O) groups is 3. The highest BCUT2D eigenvalue weighted by Gasteiger charge is 2.41. The van der Waals surface area contributed by atoms with Crippen LogP contribution < -0.4 is 10.6 Å². The van der Waals surface area contributed by atoms with Crippen molar-refractivity contribution in [2.75, 3.05) is 12.4 Å². The van der Waals surface area contributed by atoms with Gasteiger partial charge in [0.25, 0.3) is 0 Å². The van der Waals surface area contributed by atoms with Gasteiger partial charge in [0.05, 0.1) is 24.7 Å². The number of esters is 1. The van der Waals surface area contributed by atoms with Crippen LogP contribution >= 0.6 is 0 Å². The number of nitrogens with zero attached hydrogens (tertiary/aromatic N) is 1. The summed E-state index contributed by atoms with van der Waals surface area (Å²) in [6.45, 7) is 1.76. The van der Waals surface area contributed by atoms with Gasteiger partial charge in [-0.15, -0.1) is 0 Å². The molecule has 208 valence electrons. The van der Waals surface area contributed by atoms with Crippen molar-refractivity contribution >= 4 is 34.2 Å². The van der Waals surface area contributed by atoms with E-state index in [1.54, 1.807) is 49.4 Å². The van der Waals surface area contributed by atoms with Crippen molar-refractivity contribution in [3.8, 4) is 6.07 Å². The third kappa shape index (κ3) is 6.31. The van der Waals surface area contributed by atoms with Crippen LogP contribution in [0.3, 0.4) is 0 Å². The lowest BCUT2D eigenvalue weighted by molar-refractivity contribution is -0.152. The van der Waals surface area contributed by atoms with E-state index >= 15 is 0 Å². The van der Waals surface area contributed by atoms with Crippen LogP contribution in [0.15, 0.2) is 54.6 Å². The molecule has 40 heavy (non-hydrogen) atoms. The summed E-state index contributed by atoms with van der Waals surface area (Å²) >= 11 is 0. The van der Waals surface area contributed by atoms with Crippen LogP contribution in [0, 0.1) is 17.1 Å². The fourth-order valence-corrected chi connectivity index (χ4v) is 5.53. The van der Waals surface area contributed by atoms with Crippen molar-refractivity contribution in [3.63, 3.8) is 0 Å². The third-order valence-electron chi connectivity index (χ3n) is 7.77. The molecule has 1 aliphatic rings. The first-order chi connectivity index (χ1) is 19.3. The smallest absolute Gasteiger partial charge is 0.331 e. The highest BCUT2D eigenvalue weighted by molar-refractivity contribution is 6.00. The Labute approximate surface area is 233 Å². The minimum atomic E-state index is -0.960. The number of anilines is 1. The number of methoxy groups -OCH3 is 1. The maximum Gasteiger partial charge on any atom is 0.331 e. The highest BCUT2D eigenvalue weighted by atomic mass is 19.1. The SMILES string of the molecule is COC(=O)C1(NC(=O)CCCc2ccc(C#N)cc2NC(=O)C(C)c2ccc(F)c3ccccc23)CCCCC1. The number of fused-ring (bicyclic) bond motifs is 1. The Morgan fingerprint density at radius 2 is 1.77 bits per heavy atom. The number of rotatable bonds is 9. The number of hydrogen-bond acceptors (Lipinski definition) is 5. The first kappa shape index (κ1) is 28.8. The summed E-state index contributed by atoms with van der Waals surface area (Å²) in [5.74, 6) is -1.84. The number of nitrogens with one attached hydrogen (secondary N) is 2. The number of ether oxygens (including phenoxy) is 1. The van der Waals surface area contributed by atoms with Gasteiger partial charge in [-0.2, -0.15) is 5.26 Å². The predicted octanol–water partition coefficient (Wildman–Crippen LogP) is 5.91. The number of hydrogen-bond donors (Lipinski definition) is 2. The second-order valence-corrected chi connectivity index (χ2v) is 10.4. The van der Waals surface area contributed by atoms with E-state index in [1.807, 2.05) is 6.07 Å². The molecule has 0 spiro atoms. The zero-order valence-electron chi connectivity index (χ0n) is 22.9. The molecule has 7 nitrogen and oxygen atoms in total. The molecular formula is C32H34FN3O4. The van der Waals surface area contributed by atoms with E-state index in [0.717, 1.165) is 24.8 Å². The summed E-state index contributed by atoms with van der Waals surface area (Å²) in [4.78, 5) is 38.6. The summed E-state index contributed by atoms with van der Waals surface area (Å²) in [6, 6.07) is 17.2. The molecule has 1 atom stereocenters. The number of halogens is 1. The average molecular weight is 544 g/mol. The van der Waals surface area contributed by atoms with Crippen LogP contribution in [-0.2, 0) is 25.5 Å². The van der Waals surface area contributed by atoms with Crippen LogP contribution in [0.5, 0.6) is 0 Å². The maximum atomic E-state index is 14.3. The van der Waals surface area contributed by atoms with Crippen molar-refractivity contribution in [3.05, 3.63) is 77.1 Å². The second-order valence-electron chi connectivity index (χ2n) is 10.4. The molecule has 3 aromatic carbocycles. The number of benzene rings is 3. The standard InChI is InChI=1S/C32H34FN3O4/c1-21(24-15-16-27(33)26-11-5-4-10-25(24)26)30(38)35-28-19-22(20-34)13-14-23(28)9-8-12-29(37)36-32(31(39)40-2)17-6-3-7-18-32/h4-5,10-11,13-16,19,21H,3,6-9,12,17-18H2,1-2H3,(H,35,38)(H,36,37). The van der Waals surface area contributed by atoms with Crippen molar-refractivity contribution < 1.29 is 23.5 Å². The van der Waals surface area contributed by atoms with Gasteiger partial charge in [0.2, 0.25) is 11.8 Å². The van der Waals surface area contributed by atoms with Crippen molar-refractivity contribution in [1.29, 1.82) is 5.26 Å². The lowest BCUT2D eigenvalue weighted by Crippen LogP contribution is -2.56. The van der Waals surface area contributed by atoms with Crippen LogP contribution in [0.25, 0.3) is 10.8 Å². The first-order valence-corrected chi connectivity index (χ1v) is 13.7. The Balaban J connectivity index is 1.45. The maximum absolute atomic E-state index is 14.3. The fraction of sp³-hybridized carbons (Fsp3) is 0.375. The molecule has 2 amide bonds. The van der Waals surface area contributed by atoms with Gasteiger partial charge in [-0.25, -0.2) is 9.18 Å². The van der Waals surface area contributed by atoms with E-state index in [-0.39, 0.29) is 24.1 Å². The van der Waals surface area contributed by atoms with E-state index in [9.17, 15) is 24.0 Å². The number of carbonyl (C=O) groups excluding carboxylic acids is 3. The Kier molecular flexibility index (Phi) is 9.15. The van der Waals surface area contributed by atoms with Crippen LogP contribution in [-0.4, -0.2) is 30.4 Å². The molecule has 0 bridgehead atoms. The van der Waals surface area contributed by atoms with Gasteiger partial charge in [0, 0.05) is 17.5 Å². The first-order valence-electron chi connectivity index (χ1n) is 13.7. The Morgan fingerprint density at radius 1 is 1.05 bits per heavy atom. The summed E-state index contributed by atoms with van der Waals surface area (Å²) in [7, 11) is 1.34. The highest BCUT2D eigenvalue weighted by Crippen LogP contribution is 2.31. The quantitative estimate of drug-likeness (QED) is 0.326. The summed E-state index contributed by atoms with van der Waals surface area (Å²) in [6.07, 6.45) is 5.04. The van der Waals surface area contributed by atoms with Gasteiger partial charge >= 0.3 is 5.97 Å². The minimum absolute atomic E-state index is 0.199. The number of aryl methyl sites for hydroxylation is 1. The van der Waals surface area contributed by atoms with Gasteiger partial charge in [-0.3, -0.25) is 9.59 Å². The average Bonchev–Trinajstić information content (AvgIpc) is 2.97. The number of nitriles is 1. The zero-order chi connectivity index (χ0) is 28.7. The minimum Gasteiger partial charge on any atom is -0.467 e. The fourth-order valence-electron chi connectivity index (χ4n) is 5.53. The third-order valence-corrected chi connectivity index (χ3v) is 7.77. The molecule has 1 unspecified atom stereocenters. The molecule has 0 aliphatic heterocycles. The molecular weight excluding hydrogens is 509 g/mol. The molecule has 0 aromatic heterocycles. The van der Waals surface area contributed by atoms with Crippen LogP contribution in [0.1, 0.15) is 74.5 Å². The summed E-state index contributed by atoms with van der Waals surface area (Å²) in [5, 5.41) is 16.4. The Morgan fingerprint density at radius 3 is 2.48 bits per heavy atom. The van der Waals surface area contributed by atoms with Crippen molar-refractivity contribution in [2.45, 2.75) is 69.7 Å². The van der Waals surface area contributed by atoms with E-state index in [4.69, 9.17) is 4.74 Å². The lowest BCUT2D eigenvalue weighted by Gasteiger charge is -2.35. The normalized spacial score (nSPS) is 15.1. The molecule has 4 rings (SSSR count). The van der Waals surface area contributed by atoms with Gasteiger partial charge in [0.15, 0.2) is 0 Å². The van der Waals surface area contributed by atoms with Gasteiger partial charge < -0.3 is 15.4 Å². The van der Waals surface area contributed by atoms with Gasteiger partial charge in [-0.05, 0) is 67.3 Å². The van der Waals surface area contributed by atoms with E-state index < -0.39 is 17.4 Å². The molecule has 0 radical (unpaired) electrons. The predicted molar refractivity (Wildman–Crippen MR) is 151 cm³/mol. The molecule has 2 N–H and O–H groups in total. The molecule has 1 fully saturated rings. The topological polar surface area (TPSA) is 108 Å². The molecule has 0 heterocycles. The van der Waals surface area contributed by atoms with Crippen molar-refractivity contribution in [2.24, 2.45) is 0 Å². The molecule has 0 saturated heterocycles. The Hall–Kier alpha value is -4.25.